The molecular weight excluding hydrogens is 407 g/mol. The molecule has 27 heavy (non-hydrogen) atoms. The Balaban J connectivity index is 2.11. The zero-order chi connectivity index (χ0) is 20.4. The molecule has 0 saturated heterocycles. The minimum absolute atomic E-state index is 0.0117. The summed E-state index contributed by atoms with van der Waals surface area (Å²) in [7, 11) is -3.44. The summed E-state index contributed by atoms with van der Waals surface area (Å²) in [6.07, 6.45) is 1.04. The van der Waals surface area contributed by atoms with Gasteiger partial charge in [0.2, 0.25) is 10.0 Å². The van der Waals surface area contributed by atoms with Crippen LogP contribution in [0.15, 0.2) is 36.4 Å². The van der Waals surface area contributed by atoms with Gasteiger partial charge in [0, 0.05) is 27.7 Å². The largest absolute Gasteiger partial charge is 0.348 e. The number of carbonyl (C=O) groups is 1. The number of anilines is 1. The molecule has 146 valence electrons. The quantitative estimate of drug-likeness (QED) is 0.730. The van der Waals surface area contributed by atoms with E-state index < -0.39 is 10.0 Å². The number of carbonyl (C=O) groups excluding carboxylic acids is 1. The van der Waals surface area contributed by atoms with Gasteiger partial charge in [-0.3, -0.25) is 9.52 Å². The van der Waals surface area contributed by atoms with E-state index in [1.807, 2.05) is 12.1 Å². The smallest absolute Gasteiger partial charge is 0.251 e. The summed E-state index contributed by atoms with van der Waals surface area (Å²) in [4.78, 5) is 12.4. The molecule has 0 radical (unpaired) electrons. The average Bonchev–Trinajstić information content (AvgIpc) is 2.51. The minimum Gasteiger partial charge on any atom is -0.348 e. The van der Waals surface area contributed by atoms with E-state index >= 15 is 0 Å². The maximum Gasteiger partial charge on any atom is 0.251 e. The lowest BCUT2D eigenvalue weighted by Crippen LogP contribution is -2.23. The molecule has 2 rings (SSSR count). The van der Waals surface area contributed by atoms with Crippen molar-refractivity contribution in [3.8, 4) is 0 Å². The predicted octanol–water partition coefficient (Wildman–Crippen LogP) is 4.59. The van der Waals surface area contributed by atoms with Crippen molar-refractivity contribution < 1.29 is 13.2 Å². The number of benzene rings is 2. The van der Waals surface area contributed by atoms with Crippen molar-refractivity contribution in [3.63, 3.8) is 0 Å². The minimum atomic E-state index is -3.44. The van der Waals surface area contributed by atoms with Gasteiger partial charge in [0.1, 0.15) is 0 Å². The van der Waals surface area contributed by atoms with E-state index in [4.69, 9.17) is 23.2 Å². The highest BCUT2D eigenvalue weighted by atomic mass is 35.5. The van der Waals surface area contributed by atoms with Gasteiger partial charge in [0.15, 0.2) is 0 Å². The lowest BCUT2D eigenvalue weighted by Gasteiger charge is -2.19. The molecule has 0 aliphatic heterocycles. The molecule has 0 aliphatic carbocycles. The highest BCUT2D eigenvalue weighted by Crippen LogP contribution is 2.29. The van der Waals surface area contributed by atoms with E-state index in [2.05, 4.69) is 30.8 Å². The Morgan fingerprint density at radius 2 is 1.56 bits per heavy atom. The molecule has 0 bridgehead atoms. The first-order valence-electron chi connectivity index (χ1n) is 8.21. The Kier molecular flexibility index (Phi) is 6.45. The fourth-order valence-corrected chi connectivity index (χ4v) is 3.60. The monoisotopic (exact) mass is 428 g/mol. The van der Waals surface area contributed by atoms with Crippen LogP contribution < -0.4 is 10.0 Å². The third-order valence-corrected chi connectivity index (χ3v) is 5.16. The van der Waals surface area contributed by atoms with E-state index in [0.717, 1.165) is 11.8 Å². The van der Waals surface area contributed by atoms with Gasteiger partial charge < -0.3 is 5.32 Å². The van der Waals surface area contributed by atoms with Crippen LogP contribution in [0.2, 0.25) is 10.0 Å². The second kappa shape index (κ2) is 8.09. The van der Waals surface area contributed by atoms with E-state index in [-0.39, 0.29) is 33.6 Å². The lowest BCUT2D eigenvalue weighted by molar-refractivity contribution is 0.0951. The van der Waals surface area contributed by atoms with Crippen LogP contribution in [0.4, 0.5) is 5.69 Å². The van der Waals surface area contributed by atoms with Gasteiger partial charge in [-0.05, 0) is 35.2 Å². The Morgan fingerprint density at radius 3 is 2.00 bits per heavy atom. The van der Waals surface area contributed by atoms with E-state index in [9.17, 15) is 13.2 Å². The summed E-state index contributed by atoms with van der Waals surface area (Å²) in [5, 5.41) is 3.30. The fraction of sp³-hybridized carbons (Fsp3) is 0.316. The molecule has 2 aromatic rings. The molecule has 2 aromatic carbocycles. The standard InChI is InChI=1S/C19H22Cl2N2O3S/c1-19(2,3)13-7-5-12(6-8-13)18(24)22-11-15-16(20)9-14(10-17(15)21)23-27(4,25)26/h5-10,23H,11H2,1-4H3,(H,22,24). The van der Waals surface area contributed by atoms with Crippen molar-refractivity contribution in [1.29, 1.82) is 0 Å². The molecule has 5 nitrogen and oxygen atoms in total. The first-order chi connectivity index (χ1) is 12.4. The first kappa shape index (κ1) is 21.5. The Labute approximate surface area is 170 Å². The molecular formula is C19H22Cl2N2O3S. The number of hydrogen-bond acceptors (Lipinski definition) is 3. The summed E-state index contributed by atoms with van der Waals surface area (Å²) in [6.45, 7) is 6.44. The molecule has 0 heterocycles. The Morgan fingerprint density at radius 1 is 1.04 bits per heavy atom. The van der Waals surface area contributed by atoms with Crippen molar-refractivity contribution in [2.45, 2.75) is 32.7 Å². The Bertz CT molecular complexity index is 927. The van der Waals surface area contributed by atoms with Crippen molar-refractivity contribution >= 4 is 44.8 Å². The van der Waals surface area contributed by atoms with Crippen LogP contribution in [0.3, 0.4) is 0 Å². The number of hydrogen-bond donors (Lipinski definition) is 2. The lowest BCUT2D eigenvalue weighted by atomic mass is 9.87. The zero-order valence-corrected chi connectivity index (χ0v) is 17.9. The molecule has 0 fully saturated rings. The van der Waals surface area contributed by atoms with E-state index in [1.165, 1.54) is 12.1 Å². The fourth-order valence-electron chi connectivity index (χ4n) is 2.44. The molecule has 0 aromatic heterocycles. The topological polar surface area (TPSA) is 75.3 Å². The van der Waals surface area contributed by atoms with Crippen LogP contribution in [0, 0.1) is 0 Å². The number of halogens is 2. The number of amides is 1. The van der Waals surface area contributed by atoms with Gasteiger partial charge >= 0.3 is 0 Å². The van der Waals surface area contributed by atoms with Gasteiger partial charge in [-0.15, -0.1) is 0 Å². The Hall–Kier alpha value is -1.76. The molecule has 2 N–H and O–H groups in total. The first-order valence-corrected chi connectivity index (χ1v) is 10.9. The molecule has 8 heteroatoms. The molecule has 0 saturated carbocycles. The third kappa shape index (κ3) is 6.13. The number of rotatable bonds is 5. The van der Waals surface area contributed by atoms with Crippen LogP contribution in [0.1, 0.15) is 42.3 Å². The molecule has 0 spiro atoms. The molecule has 0 aliphatic rings. The maximum atomic E-state index is 12.4. The van der Waals surface area contributed by atoms with Gasteiger partial charge in [0.05, 0.1) is 11.9 Å². The summed E-state index contributed by atoms with van der Waals surface area (Å²) in [5.41, 5.74) is 2.46. The molecule has 1 amide bonds. The second-order valence-electron chi connectivity index (χ2n) is 7.30. The summed E-state index contributed by atoms with van der Waals surface area (Å²) in [6, 6.07) is 10.3. The van der Waals surface area contributed by atoms with Gasteiger partial charge in [-0.2, -0.15) is 0 Å². The number of sulfonamides is 1. The second-order valence-corrected chi connectivity index (χ2v) is 9.87. The van der Waals surface area contributed by atoms with Crippen molar-refractivity contribution in [1.82, 2.24) is 5.32 Å². The zero-order valence-electron chi connectivity index (χ0n) is 15.6. The van der Waals surface area contributed by atoms with Gasteiger partial charge in [-0.25, -0.2) is 8.42 Å². The highest BCUT2D eigenvalue weighted by molar-refractivity contribution is 7.92. The third-order valence-electron chi connectivity index (χ3n) is 3.88. The average molecular weight is 429 g/mol. The normalized spacial score (nSPS) is 11.9. The van der Waals surface area contributed by atoms with Crippen LogP contribution >= 0.6 is 23.2 Å². The van der Waals surface area contributed by atoms with Crippen LogP contribution in [-0.2, 0) is 22.0 Å². The molecule has 0 atom stereocenters. The van der Waals surface area contributed by atoms with Crippen molar-refractivity contribution in [3.05, 3.63) is 63.1 Å². The van der Waals surface area contributed by atoms with Gasteiger partial charge in [0.25, 0.3) is 5.91 Å². The number of nitrogens with one attached hydrogen (secondary N) is 2. The summed E-state index contributed by atoms with van der Waals surface area (Å²) >= 11 is 12.4. The summed E-state index contributed by atoms with van der Waals surface area (Å²) in [5.74, 6) is -0.249. The maximum absolute atomic E-state index is 12.4. The summed E-state index contributed by atoms with van der Waals surface area (Å²) < 4.78 is 24.9. The predicted molar refractivity (Wildman–Crippen MR) is 111 cm³/mol. The van der Waals surface area contributed by atoms with Crippen LogP contribution in [-0.4, -0.2) is 20.6 Å². The molecule has 0 unspecified atom stereocenters. The highest BCUT2D eigenvalue weighted by Gasteiger charge is 2.15. The van der Waals surface area contributed by atoms with Crippen LogP contribution in [0.5, 0.6) is 0 Å². The van der Waals surface area contributed by atoms with Gasteiger partial charge in [-0.1, -0.05) is 56.1 Å². The van der Waals surface area contributed by atoms with Crippen LogP contribution in [0.25, 0.3) is 0 Å². The van der Waals surface area contributed by atoms with Crippen molar-refractivity contribution in [2.24, 2.45) is 0 Å². The van der Waals surface area contributed by atoms with E-state index in [1.54, 1.807) is 12.1 Å². The van der Waals surface area contributed by atoms with E-state index in [0.29, 0.717) is 11.1 Å². The van der Waals surface area contributed by atoms with Crippen molar-refractivity contribution in [2.75, 3.05) is 11.0 Å². The SMILES string of the molecule is CC(C)(C)c1ccc(C(=O)NCc2c(Cl)cc(NS(C)(=O)=O)cc2Cl)cc1.